The van der Waals surface area contributed by atoms with Crippen LogP contribution in [0.25, 0.3) is 0 Å². The van der Waals surface area contributed by atoms with Crippen molar-refractivity contribution in [3.63, 3.8) is 0 Å². The number of Topliss-reactive ketones (excluding diaryl/α,β-unsaturated/α-hetero) is 1. The molecular weight excluding hydrogens is 869 g/mol. The van der Waals surface area contributed by atoms with E-state index in [2.05, 4.69) is 19.1 Å². The van der Waals surface area contributed by atoms with Crippen molar-refractivity contribution in [3.05, 3.63) is 35.5 Å². The van der Waals surface area contributed by atoms with Gasteiger partial charge in [-0.1, -0.05) is 77.0 Å². The summed E-state index contributed by atoms with van der Waals surface area (Å²) in [5, 5.41) is 57.3. The smallest absolute Gasteiger partial charge is 0.307 e. The molecule has 0 unspecified atom stereocenters. The third kappa shape index (κ3) is 29.5. The maximum atomic E-state index is 12.9. The first-order valence-electron chi connectivity index (χ1n) is 24.0. The number of carbonyl (C=O) groups excluding carboxylic acids is 3. The Balaban J connectivity index is 5.36. The largest absolute Gasteiger partial charge is 0.481 e. The zero-order valence-corrected chi connectivity index (χ0v) is 41.4. The van der Waals surface area contributed by atoms with Crippen molar-refractivity contribution in [3.8, 4) is 0 Å². The number of ether oxygens (including phenoxy) is 2. The number of aliphatic carboxylic acids is 5. The molecule has 0 fully saturated rings. The van der Waals surface area contributed by atoms with Crippen molar-refractivity contribution in [2.24, 2.45) is 47.3 Å². The molecule has 67 heavy (non-hydrogen) atoms. The zero-order valence-electron chi connectivity index (χ0n) is 41.4. The maximum absolute atomic E-state index is 12.9. The number of allylic oxidation sites excluding steroid dienone is 5. The molecule has 0 rings (SSSR count). The van der Waals surface area contributed by atoms with Gasteiger partial charge >= 0.3 is 41.8 Å². The van der Waals surface area contributed by atoms with E-state index in [0.717, 1.165) is 30.4 Å². The summed E-state index contributed by atoms with van der Waals surface area (Å²) in [6, 6.07) is 0. The molecule has 0 bridgehead atoms. The molecule has 16 heteroatoms. The summed E-state index contributed by atoms with van der Waals surface area (Å²) in [6.07, 6.45) is 11.4. The number of aliphatic hydroxyl groups is 1. The Hall–Kier alpha value is -4.86. The number of hydrogen-bond donors (Lipinski definition) is 6. The number of carboxylic acid groups (broad SMARTS) is 5. The summed E-state index contributed by atoms with van der Waals surface area (Å²) >= 11 is 0. The van der Waals surface area contributed by atoms with Crippen LogP contribution >= 0.6 is 0 Å². The Labute approximate surface area is 397 Å². The molecule has 0 aliphatic carbocycles. The molecule has 0 aliphatic heterocycles. The van der Waals surface area contributed by atoms with Gasteiger partial charge in [0.2, 0.25) is 0 Å². The van der Waals surface area contributed by atoms with E-state index < -0.39 is 104 Å². The van der Waals surface area contributed by atoms with Gasteiger partial charge < -0.3 is 40.1 Å². The van der Waals surface area contributed by atoms with Crippen molar-refractivity contribution in [1.82, 2.24) is 0 Å². The van der Waals surface area contributed by atoms with Crippen LogP contribution in [0.4, 0.5) is 0 Å². The molecule has 0 saturated carbocycles. The molecule has 0 radical (unpaired) electrons. The Kier molecular flexibility index (Phi) is 31.2. The predicted octanol–water partition coefficient (Wildman–Crippen LogP) is 9.31. The van der Waals surface area contributed by atoms with Gasteiger partial charge in [0.25, 0.3) is 0 Å². The fraction of sp³-hybridized carbons (Fsp3) is 0.725. The zero-order chi connectivity index (χ0) is 51.4. The molecular formula is C51H82O16. The molecule has 6 N–H and O–H groups in total. The van der Waals surface area contributed by atoms with Crippen molar-refractivity contribution < 1.29 is 78.5 Å². The first-order valence-corrected chi connectivity index (χ1v) is 24.0. The van der Waals surface area contributed by atoms with Crippen molar-refractivity contribution >= 4 is 47.6 Å². The quantitative estimate of drug-likeness (QED) is 0.0191. The summed E-state index contributed by atoms with van der Waals surface area (Å²) in [5.74, 6) is -11.5. The van der Waals surface area contributed by atoms with Gasteiger partial charge in [0, 0.05) is 18.3 Å². The summed E-state index contributed by atoms with van der Waals surface area (Å²) in [4.78, 5) is 94.2. The molecule has 0 aliphatic rings. The number of aliphatic hydroxyl groups excluding tert-OH is 1. The van der Waals surface area contributed by atoms with Gasteiger partial charge in [-0.3, -0.25) is 38.4 Å². The Morgan fingerprint density at radius 3 is 1.66 bits per heavy atom. The van der Waals surface area contributed by atoms with Crippen LogP contribution in [-0.4, -0.2) is 96.5 Å². The lowest BCUT2D eigenvalue weighted by molar-refractivity contribution is -0.157. The highest BCUT2D eigenvalue weighted by Crippen LogP contribution is 2.27. The van der Waals surface area contributed by atoms with Crippen LogP contribution < -0.4 is 0 Å². The number of unbranched alkanes of at least 4 members (excludes halogenated alkanes) is 2. The van der Waals surface area contributed by atoms with Crippen molar-refractivity contribution in [2.75, 3.05) is 0 Å². The molecule has 0 aromatic heterocycles. The van der Waals surface area contributed by atoms with Gasteiger partial charge in [0.1, 0.15) is 11.9 Å². The van der Waals surface area contributed by atoms with E-state index in [1.54, 1.807) is 13.8 Å². The van der Waals surface area contributed by atoms with E-state index in [-0.39, 0.29) is 35.4 Å². The topological polar surface area (TPSA) is 276 Å². The van der Waals surface area contributed by atoms with Crippen LogP contribution in [0.2, 0.25) is 0 Å². The van der Waals surface area contributed by atoms with Crippen LogP contribution in [0, 0.1) is 47.3 Å². The molecule has 382 valence electrons. The number of carbonyl (C=O) groups is 8. The van der Waals surface area contributed by atoms with E-state index in [1.165, 1.54) is 0 Å². The minimum Gasteiger partial charge on any atom is -0.481 e. The number of esters is 2. The average molecular weight is 951 g/mol. The second-order valence-corrected chi connectivity index (χ2v) is 19.0. The predicted molar refractivity (Wildman–Crippen MR) is 252 cm³/mol. The fourth-order valence-corrected chi connectivity index (χ4v) is 8.17. The molecule has 11 atom stereocenters. The number of hydrogen-bond acceptors (Lipinski definition) is 11. The Bertz CT molecular complexity index is 1680. The van der Waals surface area contributed by atoms with Crippen LogP contribution in [0.5, 0.6) is 0 Å². The number of ketones is 1. The van der Waals surface area contributed by atoms with E-state index in [9.17, 15) is 58.8 Å². The van der Waals surface area contributed by atoms with Crippen molar-refractivity contribution in [1.29, 1.82) is 0 Å². The van der Waals surface area contributed by atoms with Crippen LogP contribution in [0.15, 0.2) is 35.5 Å². The third-order valence-corrected chi connectivity index (χ3v) is 12.2. The van der Waals surface area contributed by atoms with E-state index >= 15 is 0 Å². The SMILES string of the molecule is CC[C@@H](C[C@@H](C)C(=O)O)C(=O)CC/C(C)=C/[C@H](C)C/C(C)=C/[C@H](C)[C@H](O)[C@H](C)CC[C@H](CCCC/C=C/[C@H](C)CC[C@H](C)OC(=O)C[C@@H](CC(=O)O)C(=O)O)OC(=O)C[C@@H](CC(=O)O)C(=O)O. The van der Waals surface area contributed by atoms with Gasteiger partial charge in [0.05, 0.1) is 55.6 Å². The molecule has 0 spiro atoms. The van der Waals surface area contributed by atoms with Crippen molar-refractivity contribution in [2.45, 2.75) is 190 Å². The normalized spacial score (nSPS) is 17.2. The highest BCUT2D eigenvalue weighted by molar-refractivity contribution is 5.84. The molecule has 0 aromatic rings. The van der Waals surface area contributed by atoms with Gasteiger partial charge in [-0.15, -0.1) is 0 Å². The lowest BCUT2D eigenvalue weighted by atomic mass is 9.86. The average Bonchev–Trinajstić information content (AvgIpc) is 3.22. The first kappa shape index (κ1) is 62.1. The molecule has 0 aromatic carbocycles. The molecule has 0 heterocycles. The highest BCUT2D eigenvalue weighted by Gasteiger charge is 2.29. The summed E-state index contributed by atoms with van der Waals surface area (Å²) in [6.45, 7) is 17.2. The standard InChI is InChI=1S/C51H82O16/c1-10-39(26-37(8)49(60)61)43(52)22-18-32(3)23-33(4)24-34(5)25-36(7)48(59)35(6)19-21-42(67-47(58)30-41(51(64)65)28-45(55)56)16-14-12-11-13-15-31(2)17-20-38(9)66-46(57)29-40(50(62)63)27-44(53)54/h13,15,23,25,31,33,35-42,48,59H,10-12,14,16-22,24,26-30H2,1-9H3,(H,53,54)(H,55,56)(H,60,61)(H,62,63)(H,64,65)/b15-13+,32-23+,34-25+/t31-,33-,35+,36-,37+,38-,39-,40+,41+,42-,48+/m0/s1. The number of rotatable bonds is 38. The van der Waals surface area contributed by atoms with E-state index in [4.69, 9.17) is 19.7 Å². The lowest BCUT2D eigenvalue weighted by Crippen LogP contribution is -2.28. The minimum atomic E-state index is -1.43. The first-order chi connectivity index (χ1) is 31.2. The van der Waals surface area contributed by atoms with Crippen LogP contribution in [0.1, 0.15) is 171 Å². The highest BCUT2D eigenvalue weighted by atomic mass is 16.5. The molecule has 0 amide bonds. The summed E-state index contributed by atoms with van der Waals surface area (Å²) < 4.78 is 11.0. The van der Waals surface area contributed by atoms with Gasteiger partial charge in [-0.25, -0.2) is 0 Å². The monoisotopic (exact) mass is 951 g/mol. The third-order valence-electron chi connectivity index (χ3n) is 12.2. The van der Waals surface area contributed by atoms with Gasteiger partial charge in [-0.05, 0) is 116 Å². The molecule has 16 nitrogen and oxygen atoms in total. The van der Waals surface area contributed by atoms with E-state index in [1.807, 2.05) is 53.7 Å². The second kappa shape index (κ2) is 33.6. The lowest BCUT2D eigenvalue weighted by Gasteiger charge is -2.26. The Morgan fingerprint density at radius 2 is 1.13 bits per heavy atom. The maximum Gasteiger partial charge on any atom is 0.307 e. The minimum absolute atomic E-state index is 0.0893. The summed E-state index contributed by atoms with van der Waals surface area (Å²) in [5.41, 5.74) is 2.19. The van der Waals surface area contributed by atoms with E-state index in [0.29, 0.717) is 64.2 Å². The summed E-state index contributed by atoms with van der Waals surface area (Å²) in [7, 11) is 0. The van der Waals surface area contributed by atoms with Crippen LogP contribution in [-0.2, 0) is 47.8 Å². The Morgan fingerprint density at radius 1 is 0.567 bits per heavy atom. The molecule has 0 saturated heterocycles. The van der Waals surface area contributed by atoms with Gasteiger partial charge in [-0.2, -0.15) is 0 Å². The second-order valence-electron chi connectivity index (χ2n) is 19.0. The number of carboxylic acids is 5. The fourth-order valence-electron chi connectivity index (χ4n) is 8.17. The van der Waals surface area contributed by atoms with Crippen LogP contribution in [0.3, 0.4) is 0 Å². The van der Waals surface area contributed by atoms with Gasteiger partial charge in [0.15, 0.2) is 0 Å².